The van der Waals surface area contributed by atoms with Crippen molar-refractivity contribution in [3.63, 3.8) is 0 Å². The highest BCUT2D eigenvalue weighted by Gasteiger charge is 2.18. The summed E-state index contributed by atoms with van der Waals surface area (Å²) in [5, 5.41) is 17.0. The molecular weight excluding hydrogens is 510 g/mol. The van der Waals surface area contributed by atoms with Gasteiger partial charge >= 0.3 is 5.97 Å². The lowest BCUT2D eigenvalue weighted by Crippen LogP contribution is -2.22. The zero-order valence-electron chi connectivity index (χ0n) is 21.5. The van der Waals surface area contributed by atoms with Crippen molar-refractivity contribution in [2.24, 2.45) is 0 Å². The summed E-state index contributed by atoms with van der Waals surface area (Å²) in [6, 6.07) is 27.4. The van der Waals surface area contributed by atoms with Crippen LogP contribution in [0.2, 0.25) is 0 Å². The molecule has 5 rings (SSSR count). The number of carbonyl (C=O) groups excluding carboxylic acids is 2. The number of rotatable bonds is 8. The Hall–Kier alpha value is -4.56. The number of carboxylic acid groups (broad SMARTS) is 1. The summed E-state index contributed by atoms with van der Waals surface area (Å²) in [5.41, 5.74) is 3.55. The largest absolute Gasteiger partial charge is 0.478 e. The molecule has 0 saturated carbocycles. The fraction of sp³-hybridized carbons (Fsp3) is 0.129. The monoisotopic (exact) mass is 537 g/mol. The highest BCUT2D eigenvalue weighted by atomic mass is 32.2. The molecule has 7 nitrogen and oxygen atoms in total. The van der Waals surface area contributed by atoms with Crippen molar-refractivity contribution in [1.82, 2.24) is 4.57 Å². The highest BCUT2D eigenvalue weighted by molar-refractivity contribution is 8.00. The molecule has 0 aliphatic heterocycles. The first-order valence-corrected chi connectivity index (χ1v) is 13.5. The molecular formula is C31H27N3O4S. The molecule has 0 fully saturated rings. The zero-order chi connectivity index (χ0) is 27.5. The van der Waals surface area contributed by atoms with Gasteiger partial charge in [-0.3, -0.25) is 9.59 Å². The number of carbonyl (C=O) groups is 3. The second kappa shape index (κ2) is 11.0. The minimum Gasteiger partial charge on any atom is -0.478 e. The van der Waals surface area contributed by atoms with E-state index in [9.17, 15) is 19.5 Å². The van der Waals surface area contributed by atoms with Crippen LogP contribution in [-0.2, 0) is 11.3 Å². The fourth-order valence-electron chi connectivity index (χ4n) is 4.69. The lowest BCUT2D eigenvalue weighted by Gasteiger charge is -2.14. The molecule has 1 atom stereocenters. The normalized spacial score (nSPS) is 11.8. The Labute approximate surface area is 229 Å². The Morgan fingerprint density at radius 3 is 2.26 bits per heavy atom. The first-order chi connectivity index (χ1) is 18.9. The van der Waals surface area contributed by atoms with Crippen LogP contribution in [0.3, 0.4) is 0 Å². The van der Waals surface area contributed by atoms with Crippen LogP contribution >= 0.6 is 11.8 Å². The number of aromatic nitrogens is 1. The number of nitrogens with one attached hydrogen (secondary N) is 2. The Morgan fingerprint density at radius 2 is 1.49 bits per heavy atom. The maximum absolute atomic E-state index is 13.1. The minimum absolute atomic E-state index is 0.0664. The number of hydrogen-bond donors (Lipinski definition) is 3. The number of anilines is 2. The van der Waals surface area contributed by atoms with Gasteiger partial charge in [-0.05, 0) is 68.4 Å². The maximum Gasteiger partial charge on any atom is 0.336 e. The van der Waals surface area contributed by atoms with Crippen molar-refractivity contribution < 1.29 is 19.5 Å². The van der Waals surface area contributed by atoms with E-state index in [4.69, 9.17) is 0 Å². The SMILES string of the molecule is CCn1c2ccccc2c2cc(NC(=O)C(C)Sc3cccc(NC(=O)c4ccccc4C(=O)O)c3)ccc21. The molecule has 0 radical (unpaired) electrons. The molecule has 5 aromatic rings. The molecule has 3 N–H and O–H groups in total. The van der Waals surface area contributed by atoms with Crippen molar-refractivity contribution in [1.29, 1.82) is 0 Å². The molecule has 8 heteroatoms. The number of thioether (sulfide) groups is 1. The Bertz CT molecular complexity index is 1730. The average molecular weight is 538 g/mol. The van der Waals surface area contributed by atoms with Crippen LogP contribution in [0.4, 0.5) is 11.4 Å². The van der Waals surface area contributed by atoms with Gasteiger partial charge in [0.2, 0.25) is 5.91 Å². The van der Waals surface area contributed by atoms with Gasteiger partial charge in [0.1, 0.15) is 0 Å². The predicted molar refractivity (Wildman–Crippen MR) is 157 cm³/mol. The van der Waals surface area contributed by atoms with E-state index in [1.165, 1.54) is 29.4 Å². The van der Waals surface area contributed by atoms with Gasteiger partial charge in [-0.1, -0.05) is 36.4 Å². The molecule has 1 aromatic heterocycles. The van der Waals surface area contributed by atoms with Crippen LogP contribution in [0.1, 0.15) is 34.6 Å². The number of amides is 2. The number of aryl methyl sites for hydroxylation is 1. The summed E-state index contributed by atoms with van der Waals surface area (Å²) in [7, 11) is 0. The average Bonchev–Trinajstić information content (AvgIpc) is 3.26. The number of hydrogen-bond acceptors (Lipinski definition) is 4. The second-order valence-corrected chi connectivity index (χ2v) is 10.5. The van der Waals surface area contributed by atoms with Gasteiger partial charge in [-0.25, -0.2) is 4.79 Å². The summed E-state index contributed by atoms with van der Waals surface area (Å²) in [6.45, 7) is 4.81. The molecule has 0 spiro atoms. The fourth-order valence-corrected chi connectivity index (χ4v) is 5.61. The molecule has 0 aliphatic rings. The van der Waals surface area contributed by atoms with Crippen LogP contribution in [-0.4, -0.2) is 32.7 Å². The van der Waals surface area contributed by atoms with Gasteiger partial charge in [0.05, 0.1) is 16.4 Å². The van der Waals surface area contributed by atoms with E-state index in [-0.39, 0.29) is 17.0 Å². The zero-order valence-corrected chi connectivity index (χ0v) is 22.3. The summed E-state index contributed by atoms with van der Waals surface area (Å²) in [6.07, 6.45) is 0. The Balaban J connectivity index is 1.28. The van der Waals surface area contributed by atoms with E-state index in [0.29, 0.717) is 5.69 Å². The van der Waals surface area contributed by atoms with E-state index in [1.807, 2.05) is 43.3 Å². The molecule has 1 unspecified atom stereocenters. The summed E-state index contributed by atoms with van der Waals surface area (Å²) >= 11 is 1.37. The number of fused-ring (bicyclic) bond motifs is 3. The quantitative estimate of drug-likeness (QED) is 0.187. The third-order valence-corrected chi connectivity index (χ3v) is 7.63. The van der Waals surface area contributed by atoms with Gasteiger partial charge in [-0.2, -0.15) is 0 Å². The summed E-state index contributed by atoms with van der Waals surface area (Å²) in [5.74, 6) is -1.82. The van der Waals surface area contributed by atoms with Gasteiger partial charge < -0.3 is 20.3 Å². The van der Waals surface area contributed by atoms with Crippen molar-refractivity contribution in [3.8, 4) is 0 Å². The number of nitrogens with zero attached hydrogens (tertiary/aromatic N) is 1. The number of para-hydroxylation sites is 1. The second-order valence-electron chi connectivity index (χ2n) is 9.08. The molecule has 0 bridgehead atoms. The van der Waals surface area contributed by atoms with Crippen molar-refractivity contribution in [3.05, 3.63) is 102 Å². The van der Waals surface area contributed by atoms with E-state index in [1.54, 1.807) is 30.3 Å². The van der Waals surface area contributed by atoms with Gasteiger partial charge in [0, 0.05) is 44.6 Å². The third kappa shape index (κ3) is 5.37. The van der Waals surface area contributed by atoms with E-state index < -0.39 is 17.1 Å². The molecule has 0 aliphatic carbocycles. The summed E-state index contributed by atoms with van der Waals surface area (Å²) in [4.78, 5) is 38.1. The van der Waals surface area contributed by atoms with Crippen LogP contribution in [0, 0.1) is 0 Å². The molecule has 0 saturated heterocycles. The van der Waals surface area contributed by atoms with Crippen LogP contribution < -0.4 is 10.6 Å². The molecule has 2 amide bonds. The van der Waals surface area contributed by atoms with E-state index >= 15 is 0 Å². The van der Waals surface area contributed by atoms with Crippen molar-refractivity contribution in [2.45, 2.75) is 30.5 Å². The predicted octanol–water partition coefficient (Wildman–Crippen LogP) is 6.88. The minimum atomic E-state index is -1.17. The van der Waals surface area contributed by atoms with Crippen LogP contribution in [0.25, 0.3) is 21.8 Å². The molecule has 1 heterocycles. The third-order valence-electron chi connectivity index (χ3n) is 6.53. The summed E-state index contributed by atoms with van der Waals surface area (Å²) < 4.78 is 2.26. The lowest BCUT2D eigenvalue weighted by molar-refractivity contribution is -0.115. The van der Waals surface area contributed by atoms with Gasteiger partial charge in [0.25, 0.3) is 5.91 Å². The Kier molecular flexibility index (Phi) is 7.38. The lowest BCUT2D eigenvalue weighted by atomic mass is 10.1. The highest BCUT2D eigenvalue weighted by Crippen LogP contribution is 2.32. The topological polar surface area (TPSA) is 100 Å². The van der Waals surface area contributed by atoms with Crippen molar-refractivity contribution in [2.75, 3.05) is 10.6 Å². The van der Waals surface area contributed by atoms with E-state index in [0.717, 1.165) is 33.4 Å². The van der Waals surface area contributed by atoms with E-state index in [2.05, 4.69) is 34.3 Å². The Morgan fingerprint density at radius 1 is 0.795 bits per heavy atom. The molecule has 4 aromatic carbocycles. The maximum atomic E-state index is 13.1. The van der Waals surface area contributed by atoms with Crippen LogP contribution in [0.15, 0.2) is 95.9 Å². The van der Waals surface area contributed by atoms with Gasteiger partial charge in [0.15, 0.2) is 0 Å². The number of benzene rings is 4. The molecule has 196 valence electrons. The smallest absolute Gasteiger partial charge is 0.336 e. The number of carboxylic acids is 1. The van der Waals surface area contributed by atoms with Crippen LogP contribution in [0.5, 0.6) is 0 Å². The standard InChI is InChI=1S/C31H27N3O4S/c1-3-34-27-14-7-6-11-23(27)26-18-21(15-16-28(26)34)32-29(35)19(2)39-22-10-8-9-20(17-22)33-30(36)24-12-4-5-13-25(24)31(37)38/h4-19H,3H2,1-2H3,(H,32,35)(H,33,36)(H,37,38). The van der Waals surface area contributed by atoms with Crippen molar-refractivity contribution >= 4 is 62.7 Å². The first kappa shape index (κ1) is 26.1. The number of aromatic carboxylic acids is 1. The first-order valence-electron chi connectivity index (χ1n) is 12.6. The van der Waals surface area contributed by atoms with Gasteiger partial charge in [-0.15, -0.1) is 11.8 Å². The molecule has 39 heavy (non-hydrogen) atoms.